The van der Waals surface area contributed by atoms with E-state index in [2.05, 4.69) is 53.6 Å². The summed E-state index contributed by atoms with van der Waals surface area (Å²) in [4.78, 5) is -0.377. The molecule has 4 aromatic rings. The van der Waals surface area contributed by atoms with Gasteiger partial charge in [0.1, 0.15) is 22.0 Å². The van der Waals surface area contributed by atoms with Crippen molar-refractivity contribution in [1.82, 2.24) is 0 Å². The molecule has 0 heterocycles. The van der Waals surface area contributed by atoms with Crippen LogP contribution in [0.5, 0.6) is 0 Å². The lowest BCUT2D eigenvalue weighted by atomic mass is 10.2. The Morgan fingerprint density at radius 2 is 1.19 bits per heavy atom. The molecule has 0 aliphatic rings. The minimum Gasteiger partial charge on any atom is -0.396 e. The molecule has 4 rings (SSSR count). The third-order valence-corrected chi connectivity index (χ3v) is 10.6. The van der Waals surface area contributed by atoms with Gasteiger partial charge in [-0.2, -0.15) is 32.2 Å². The van der Waals surface area contributed by atoms with Gasteiger partial charge in [0.05, 0.1) is 74.7 Å². The van der Waals surface area contributed by atoms with Gasteiger partial charge in [-0.05, 0) is 72.8 Å². The molecule has 0 aliphatic carbocycles. The standard InChI is InChI=1S/C26H24N8O15S5/c27-24-21(33-30-16-3-8-19(9-4-16)52(37,38)12-11-45-54(42,43)44)14-23(53(39,40)41)25(28)26(24)34-32-20-10-5-17(13-22(20)51-49-47-36)31-29-15-1-6-18(7-2-15)50-48-46-35/h1-10,13-14,35-36H,11-12,27-28H2,(H,39,40,41)(H,42,43,44)/b31-29+,33-30+,34-32+. The lowest BCUT2D eigenvalue weighted by Gasteiger charge is -2.11. The Morgan fingerprint density at radius 1 is 0.630 bits per heavy atom. The van der Waals surface area contributed by atoms with E-state index >= 15 is 0 Å². The second kappa shape index (κ2) is 18.7. The van der Waals surface area contributed by atoms with Gasteiger partial charge in [0.25, 0.3) is 10.1 Å². The molecule has 0 fully saturated rings. The number of nitrogens with two attached hydrogens (primary N) is 2. The van der Waals surface area contributed by atoms with Crippen LogP contribution in [0.25, 0.3) is 0 Å². The van der Waals surface area contributed by atoms with E-state index in [4.69, 9.17) is 26.5 Å². The smallest absolute Gasteiger partial charge is 0.396 e. The summed E-state index contributed by atoms with van der Waals surface area (Å²) < 4.78 is 102. The van der Waals surface area contributed by atoms with Crippen LogP contribution in [0, 0.1) is 0 Å². The summed E-state index contributed by atoms with van der Waals surface area (Å²) in [6.07, 6.45) is 0. The molecule has 0 saturated carbocycles. The number of sulfone groups is 1. The number of azo groups is 3. The first-order valence-electron chi connectivity index (χ1n) is 13.9. The maximum absolute atomic E-state index is 12.4. The summed E-state index contributed by atoms with van der Waals surface area (Å²) in [5.41, 5.74) is 11.2. The molecular weight excluding hydrogens is 825 g/mol. The van der Waals surface area contributed by atoms with Gasteiger partial charge in [0.15, 0.2) is 9.84 Å². The first-order valence-corrected chi connectivity index (χ1v) is 19.9. The van der Waals surface area contributed by atoms with Crippen LogP contribution in [0.2, 0.25) is 0 Å². The molecule has 288 valence electrons. The zero-order valence-corrected chi connectivity index (χ0v) is 30.6. The van der Waals surface area contributed by atoms with E-state index in [1.165, 1.54) is 30.3 Å². The van der Waals surface area contributed by atoms with Gasteiger partial charge >= 0.3 is 10.4 Å². The zero-order chi connectivity index (χ0) is 39.5. The Labute approximate surface area is 313 Å². The van der Waals surface area contributed by atoms with Crippen molar-refractivity contribution >= 4 is 99.9 Å². The molecule has 0 atom stereocenters. The van der Waals surface area contributed by atoms with Crippen molar-refractivity contribution in [2.24, 2.45) is 30.7 Å². The van der Waals surface area contributed by atoms with Gasteiger partial charge < -0.3 is 11.5 Å². The summed E-state index contributed by atoms with van der Waals surface area (Å²) in [7, 11) is -13.9. The maximum Gasteiger partial charge on any atom is 0.397 e. The predicted molar refractivity (Wildman–Crippen MR) is 188 cm³/mol. The number of nitrogen functional groups attached to an aromatic ring is 2. The van der Waals surface area contributed by atoms with E-state index in [1.54, 1.807) is 24.3 Å². The van der Waals surface area contributed by atoms with Crippen molar-refractivity contribution in [3.8, 4) is 0 Å². The van der Waals surface area contributed by atoms with Crippen LogP contribution in [0.15, 0.2) is 123 Å². The number of nitrogens with zero attached hydrogens (tertiary/aromatic N) is 6. The molecule has 0 aliphatic heterocycles. The topological polar surface area (TPSA) is 356 Å². The lowest BCUT2D eigenvalue weighted by molar-refractivity contribution is -0.432. The fourth-order valence-corrected chi connectivity index (χ4v) is 6.82. The highest BCUT2D eigenvalue weighted by Gasteiger charge is 2.23. The van der Waals surface area contributed by atoms with Crippen LogP contribution in [0.1, 0.15) is 0 Å². The van der Waals surface area contributed by atoms with Crippen LogP contribution in [0.4, 0.5) is 45.5 Å². The van der Waals surface area contributed by atoms with Crippen molar-refractivity contribution in [1.29, 1.82) is 0 Å². The molecule has 8 N–H and O–H groups in total. The Morgan fingerprint density at radius 3 is 1.80 bits per heavy atom. The number of rotatable bonds is 18. The fraction of sp³-hybridized carbons (Fsp3) is 0.0769. The highest BCUT2D eigenvalue weighted by Crippen LogP contribution is 2.44. The van der Waals surface area contributed by atoms with Crippen molar-refractivity contribution in [2.75, 3.05) is 23.8 Å². The van der Waals surface area contributed by atoms with E-state index in [0.29, 0.717) is 22.6 Å². The summed E-state index contributed by atoms with van der Waals surface area (Å²) in [6.45, 7) is -0.839. The van der Waals surface area contributed by atoms with Gasteiger partial charge in [-0.3, -0.25) is 9.11 Å². The average molecular weight is 849 g/mol. The quantitative estimate of drug-likeness (QED) is 0.0150. The van der Waals surface area contributed by atoms with Crippen molar-refractivity contribution in [3.05, 3.63) is 72.8 Å². The Kier molecular flexibility index (Phi) is 14.6. The van der Waals surface area contributed by atoms with Gasteiger partial charge in [-0.25, -0.2) is 23.1 Å². The molecule has 0 amide bonds. The third-order valence-electron chi connectivity index (χ3n) is 6.28. The summed E-state index contributed by atoms with van der Waals surface area (Å²) in [5, 5.41) is 48.2. The highest BCUT2D eigenvalue weighted by atomic mass is 32.3. The van der Waals surface area contributed by atoms with Crippen LogP contribution in [-0.4, -0.2) is 57.2 Å². The van der Waals surface area contributed by atoms with Crippen LogP contribution < -0.4 is 11.5 Å². The summed E-state index contributed by atoms with van der Waals surface area (Å²) in [6, 6.07) is 16.1. The molecule has 0 bridgehead atoms. The molecular formula is C26H24N8O15S5. The molecule has 23 nitrogen and oxygen atoms in total. The van der Waals surface area contributed by atoms with Crippen LogP contribution >= 0.6 is 24.1 Å². The Balaban J connectivity index is 1.62. The first kappa shape index (κ1) is 42.2. The Hall–Kier alpha value is -4.53. The molecule has 0 unspecified atom stereocenters. The fourth-order valence-electron chi connectivity index (χ4n) is 3.87. The van der Waals surface area contributed by atoms with Crippen molar-refractivity contribution in [3.63, 3.8) is 0 Å². The van der Waals surface area contributed by atoms with E-state index in [1.807, 2.05) is 0 Å². The highest BCUT2D eigenvalue weighted by molar-refractivity contribution is 7.95. The molecule has 28 heteroatoms. The molecule has 0 aromatic heterocycles. The van der Waals surface area contributed by atoms with E-state index in [-0.39, 0.29) is 38.2 Å². The zero-order valence-electron chi connectivity index (χ0n) is 26.5. The average Bonchev–Trinajstić information content (AvgIpc) is 3.11. The molecule has 54 heavy (non-hydrogen) atoms. The first-order chi connectivity index (χ1) is 25.5. The van der Waals surface area contributed by atoms with Crippen molar-refractivity contribution in [2.45, 2.75) is 19.6 Å². The third kappa shape index (κ3) is 12.3. The van der Waals surface area contributed by atoms with E-state index < -0.39 is 59.0 Å². The Bertz CT molecular complexity index is 2380. The lowest BCUT2D eigenvalue weighted by Crippen LogP contribution is -2.15. The van der Waals surface area contributed by atoms with Crippen LogP contribution in [0.3, 0.4) is 0 Å². The molecule has 4 aromatic carbocycles. The van der Waals surface area contributed by atoms with Crippen LogP contribution in [-0.2, 0) is 53.3 Å². The number of hydrogen-bond acceptors (Lipinski definition) is 23. The monoisotopic (exact) mass is 848 g/mol. The minimum absolute atomic E-state index is 0.0299. The largest absolute Gasteiger partial charge is 0.397 e. The second-order valence-corrected chi connectivity index (χ2v) is 15.9. The van der Waals surface area contributed by atoms with E-state index in [9.17, 15) is 29.8 Å². The van der Waals surface area contributed by atoms with Gasteiger partial charge in [0, 0.05) is 4.90 Å². The summed E-state index contributed by atoms with van der Waals surface area (Å²) >= 11 is 1.22. The number of anilines is 2. The summed E-state index contributed by atoms with van der Waals surface area (Å²) in [5.74, 6) is -0.779. The van der Waals surface area contributed by atoms with Gasteiger partial charge in [0.2, 0.25) is 0 Å². The minimum atomic E-state index is -4.99. The maximum atomic E-state index is 12.4. The SMILES string of the molecule is Nc1c(/N=N/c2ccc(S(=O)(=O)CCOS(=O)(=O)O)cc2)cc(S(=O)(=O)O)c(N)c1/N=N/c1ccc(/N=N/c2ccc(SOOO)cc2)cc1SOOO. The van der Waals surface area contributed by atoms with Crippen molar-refractivity contribution < 1.29 is 67.8 Å². The normalized spacial score (nSPS) is 12.7. The number of benzene rings is 4. The van der Waals surface area contributed by atoms with E-state index in [0.717, 1.165) is 30.2 Å². The molecule has 0 spiro atoms. The van der Waals surface area contributed by atoms with Gasteiger partial charge in [-0.15, -0.1) is 24.0 Å². The molecule has 0 radical (unpaired) electrons. The second-order valence-electron chi connectivity index (χ2n) is 9.81. The predicted octanol–water partition coefficient (Wildman–Crippen LogP) is 6.79. The van der Waals surface area contributed by atoms with Gasteiger partial charge in [-0.1, -0.05) is 10.1 Å². The molecule has 0 saturated heterocycles. The number of hydrogen-bond donors (Lipinski definition) is 6.